The molecule has 0 aliphatic carbocycles. The van der Waals surface area contributed by atoms with Crippen molar-refractivity contribution in [3.05, 3.63) is 77.6 Å². The van der Waals surface area contributed by atoms with E-state index < -0.39 is 12.0 Å². The largest absolute Gasteiger partial charge is 0.497 e. The first-order valence-corrected chi connectivity index (χ1v) is 11.8. The summed E-state index contributed by atoms with van der Waals surface area (Å²) < 4.78 is 12.6. The molecule has 9 heteroatoms. The molecule has 2 N–H and O–H groups in total. The van der Waals surface area contributed by atoms with E-state index >= 15 is 0 Å². The second kappa shape index (κ2) is 10.5. The number of rotatable bonds is 8. The first-order valence-electron chi connectivity index (χ1n) is 10.8. The lowest BCUT2D eigenvalue weighted by atomic mass is 9.95. The lowest BCUT2D eigenvalue weighted by molar-refractivity contribution is -0.139. The van der Waals surface area contributed by atoms with Crippen molar-refractivity contribution in [2.75, 3.05) is 19.5 Å². The highest BCUT2D eigenvalue weighted by molar-refractivity contribution is 7.99. The van der Waals surface area contributed by atoms with Crippen LogP contribution in [-0.4, -0.2) is 41.0 Å². The van der Waals surface area contributed by atoms with Crippen LogP contribution in [0.2, 0.25) is 0 Å². The van der Waals surface area contributed by atoms with Gasteiger partial charge in [0, 0.05) is 18.5 Å². The van der Waals surface area contributed by atoms with Gasteiger partial charge >= 0.3 is 12.0 Å². The highest BCUT2D eigenvalue weighted by Gasteiger charge is 2.34. The average Bonchev–Trinajstić information content (AvgIpc) is 3.23. The van der Waals surface area contributed by atoms with Gasteiger partial charge in [0.05, 0.1) is 37.2 Å². The van der Waals surface area contributed by atoms with Crippen molar-refractivity contribution in [1.82, 2.24) is 20.2 Å². The molecule has 2 amide bonds. The molecule has 8 nitrogen and oxygen atoms in total. The molecule has 0 bridgehead atoms. The van der Waals surface area contributed by atoms with Crippen LogP contribution in [0.15, 0.2) is 77.2 Å². The molecule has 1 aliphatic heterocycles. The summed E-state index contributed by atoms with van der Waals surface area (Å²) in [7, 11) is 3.53. The topological polar surface area (TPSA) is 94.5 Å². The fraction of sp³-hybridized carbons (Fsp3) is 0.240. The third-order valence-corrected chi connectivity index (χ3v) is 6.53. The fourth-order valence-electron chi connectivity index (χ4n) is 3.77. The number of methoxy groups -OCH3 is 1. The quantitative estimate of drug-likeness (QED) is 0.375. The number of aromatic nitrogens is 2. The van der Waals surface area contributed by atoms with Gasteiger partial charge < -0.3 is 24.7 Å². The molecular formula is C25H26N4O4S. The molecular weight excluding hydrogens is 452 g/mol. The second-order valence-corrected chi connectivity index (χ2v) is 8.50. The zero-order chi connectivity index (χ0) is 24.1. The number of nitrogens with zero attached hydrogens (tertiary/aromatic N) is 2. The maximum absolute atomic E-state index is 13.0. The number of carbonyl (C=O) groups excluding carboxylic acids is 2. The lowest BCUT2D eigenvalue weighted by Crippen LogP contribution is -2.46. The third-order valence-electron chi connectivity index (χ3n) is 5.46. The van der Waals surface area contributed by atoms with Crippen molar-refractivity contribution in [3.8, 4) is 17.0 Å². The predicted molar refractivity (Wildman–Crippen MR) is 130 cm³/mol. The van der Waals surface area contributed by atoms with Crippen LogP contribution in [0.25, 0.3) is 11.3 Å². The molecule has 0 fully saturated rings. The molecule has 0 saturated heterocycles. The predicted octanol–water partition coefficient (Wildman–Crippen LogP) is 4.06. The van der Waals surface area contributed by atoms with Gasteiger partial charge in [-0.2, -0.15) is 0 Å². The van der Waals surface area contributed by atoms with Gasteiger partial charge in [-0.1, -0.05) is 54.2 Å². The number of urea groups is 1. The first kappa shape index (κ1) is 23.4. The standard InChI is InChI=1S/C25H26N4O4S/c1-4-33-23(30)21-19(27-24(31)28-22(21)17-10-12-18(32-3)13-11-17)15-34-25-26-14-20(29(25)2)16-8-6-5-7-9-16/h5-14,22H,4,15H2,1-3H3,(H2,27,28,31). The smallest absolute Gasteiger partial charge is 0.338 e. The van der Waals surface area contributed by atoms with Crippen molar-refractivity contribution < 1.29 is 19.1 Å². The molecule has 1 aromatic heterocycles. The van der Waals surface area contributed by atoms with Crippen LogP contribution < -0.4 is 15.4 Å². The van der Waals surface area contributed by atoms with Crippen molar-refractivity contribution in [2.24, 2.45) is 7.05 Å². The Labute approximate surface area is 202 Å². The minimum Gasteiger partial charge on any atom is -0.497 e. The Morgan fingerprint density at radius 2 is 1.88 bits per heavy atom. The Balaban J connectivity index is 1.64. The van der Waals surface area contributed by atoms with Gasteiger partial charge in [-0.25, -0.2) is 14.6 Å². The highest BCUT2D eigenvalue weighted by Crippen LogP contribution is 2.32. The average molecular weight is 479 g/mol. The van der Waals surface area contributed by atoms with Crippen LogP contribution in [0.3, 0.4) is 0 Å². The summed E-state index contributed by atoms with van der Waals surface area (Å²) in [5.74, 6) is 0.550. The van der Waals surface area contributed by atoms with E-state index in [1.165, 1.54) is 11.8 Å². The van der Waals surface area contributed by atoms with E-state index in [-0.39, 0.29) is 12.6 Å². The maximum atomic E-state index is 13.0. The minimum absolute atomic E-state index is 0.228. The molecule has 1 atom stereocenters. The molecule has 2 aromatic carbocycles. The molecule has 3 aromatic rings. The highest BCUT2D eigenvalue weighted by atomic mass is 32.2. The molecule has 0 saturated carbocycles. The number of hydrogen-bond acceptors (Lipinski definition) is 6. The zero-order valence-electron chi connectivity index (χ0n) is 19.2. The van der Waals surface area contributed by atoms with E-state index in [0.717, 1.165) is 22.0 Å². The molecule has 0 radical (unpaired) electrons. The van der Waals surface area contributed by atoms with E-state index in [9.17, 15) is 9.59 Å². The van der Waals surface area contributed by atoms with Crippen molar-refractivity contribution in [3.63, 3.8) is 0 Å². The van der Waals surface area contributed by atoms with Crippen LogP contribution in [-0.2, 0) is 16.6 Å². The Kier molecular flexibility index (Phi) is 7.22. The summed E-state index contributed by atoms with van der Waals surface area (Å²) in [6, 6.07) is 16.2. The minimum atomic E-state index is -0.643. The Morgan fingerprint density at radius 1 is 1.15 bits per heavy atom. The number of esters is 1. The van der Waals surface area contributed by atoms with Gasteiger partial charge in [0.25, 0.3) is 0 Å². The van der Waals surface area contributed by atoms with Gasteiger partial charge in [-0.15, -0.1) is 0 Å². The van der Waals surface area contributed by atoms with Crippen molar-refractivity contribution in [1.29, 1.82) is 0 Å². The maximum Gasteiger partial charge on any atom is 0.338 e. The Morgan fingerprint density at radius 3 is 2.56 bits per heavy atom. The molecule has 2 heterocycles. The van der Waals surface area contributed by atoms with Crippen LogP contribution in [0.1, 0.15) is 18.5 Å². The third kappa shape index (κ3) is 4.94. The van der Waals surface area contributed by atoms with E-state index in [1.807, 2.05) is 60.3 Å². The number of amides is 2. The summed E-state index contributed by atoms with van der Waals surface area (Å²) in [4.78, 5) is 30.0. The number of carbonyl (C=O) groups is 2. The van der Waals surface area contributed by atoms with Crippen LogP contribution in [0.5, 0.6) is 5.75 Å². The summed E-state index contributed by atoms with van der Waals surface area (Å²) in [5, 5.41) is 6.41. The normalized spacial score (nSPS) is 15.5. The monoisotopic (exact) mass is 478 g/mol. The van der Waals surface area contributed by atoms with Gasteiger partial charge in [-0.3, -0.25) is 0 Å². The van der Waals surface area contributed by atoms with Gasteiger partial charge in [-0.05, 0) is 30.2 Å². The van der Waals surface area contributed by atoms with E-state index in [4.69, 9.17) is 9.47 Å². The van der Waals surface area contributed by atoms with Gasteiger partial charge in [0.2, 0.25) is 0 Å². The Hall–Kier alpha value is -3.72. The van der Waals surface area contributed by atoms with Crippen LogP contribution in [0, 0.1) is 0 Å². The molecule has 1 aliphatic rings. The number of benzene rings is 2. The SMILES string of the molecule is CCOC(=O)C1=C(CSc2ncc(-c3ccccc3)n2C)NC(=O)NC1c1ccc(OC)cc1. The van der Waals surface area contributed by atoms with Crippen molar-refractivity contribution in [2.45, 2.75) is 18.1 Å². The summed E-state index contributed by atoms with van der Waals surface area (Å²) in [5.41, 5.74) is 3.66. The van der Waals surface area contributed by atoms with Crippen LogP contribution >= 0.6 is 11.8 Å². The summed E-state index contributed by atoms with van der Waals surface area (Å²) in [6.07, 6.45) is 1.82. The number of hydrogen-bond donors (Lipinski definition) is 2. The van der Waals surface area contributed by atoms with Gasteiger partial charge in [0.1, 0.15) is 5.75 Å². The number of ether oxygens (including phenoxy) is 2. The van der Waals surface area contributed by atoms with E-state index in [1.54, 1.807) is 26.2 Å². The van der Waals surface area contributed by atoms with Crippen LogP contribution in [0.4, 0.5) is 4.79 Å². The number of imidazole rings is 1. The first-order chi connectivity index (χ1) is 16.5. The van der Waals surface area contributed by atoms with Crippen molar-refractivity contribution >= 4 is 23.8 Å². The Bertz CT molecular complexity index is 1210. The summed E-state index contributed by atoms with van der Waals surface area (Å²) in [6.45, 7) is 1.98. The zero-order valence-corrected chi connectivity index (χ0v) is 20.0. The second-order valence-electron chi connectivity index (χ2n) is 7.56. The fourth-order valence-corrected chi connectivity index (χ4v) is 4.69. The molecule has 0 spiro atoms. The lowest BCUT2D eigenvalue weighted by Gasteiger charge is -2.29. The molecule has 34 heavy (non-hydrogen) atoms. The molecule has 176 valence electrons. The molecule has 1 unspecified atom stereocenters. The van der Waals surface area contributed by atoms with E-state index in [2.05, 4.69) is 15.6 Å². The number of thioether (sulfide) groups is 1. The van der Waals surface area contributed by atoms with Gasteiger partial charge in [0.15, 0.2) is 5.16 Å². The van der Waals surface area contributed by atoms with E-state index in [0.29, 0.717) is 22.8 Å². The summed E-state index contributed by atoms with van der Waals surface area (Å²) >= 11 is 1.44. The number of nitrogens with one attached hydrogen (secondary N) is 2. The molecule has 4 rings (SSSR count).